The van der Waals surface area contributed by atoms with Crippen molar-refractivity contribution in [3.8, 4) is 0 Å². The predicted octanol–water partition coefficient (Wildman–Crippen LogP) is 3.43. The van der Waals surface area contributed by atoms with Crippen LogP contribution in [0.15, 0.2) is 59.5 Å². The lowest BCUT2D eigenvalue weighted by atomic mass is 10.3. The van der Waals surface area contributed by atoms with Crippen molar-refractivity contribution in [1.29, 1.82) is 0 Å². The van der Waals surface area contributed by atoms with Gasteiger partial charge in [0.2, 0.25) is 0 Å². The van der Waals surface area contributed by atoms with Crippen molar-refractivity contribution >= 4 is 46.4 Å². The molecule has 0 aromatic heterocycles. The summed E-state index contributed by atoms with van der Waals surface area (Å²) in [5.74, 6) is -2.75. The largest absolute Gasteiger partial charge is 0.376 e. The van der Waals surface area contributed by atoms with E-state index >= 15 is 0 Å². The number of halogens is 2. The second-order valence-corrected chi connectivity index (χ2v) is 6.22. The lowest BCUT2D eigenvalue weighted by Crippen LogP contribution is -2.45. The Balaban J connectivity index is 1.70. The number of hydrogen-bond donors (Lipinski definition) is 4. The van der Waals surface area contributed by atoms with Crippen LogP contribution in [0.25, 0.3) is 0 Å². The van der Waals surface area contributed by atoms with Crippen molar-refractivity contribution in [2.75, 3.05) is 17.2 Å². The summed E-state index contributed by atoms with van der Waals surface area (Å²) in [6.45, 7) is 0.0825. The lowest BCUT2D eigenvalue weighted by molar-refractivity contribution is -0.119. The van der Waals surface area contributed by atoms with Crippen molar-refractivity contribution in [1.82, 2.24) is 10.9 Å². The van der Waals surface area contributed by atoms with Crippen molar-refractivity contribution in [3.63, 3.8) is 0 Å². The van der Waals surface area contributed by atoms with E-state index in [9.17, 15) is 13.6 Å². The number of carbonyl (C=O) groups excluding carboxylic acids is 1. The van der Waals surface area contributed by atoms with Crippen LogP contribution in [0.4, 0.5) is 20.2 Å². The number of thioether (sulfide) groups is 1. The van der Waals surface area contributed by atoms with Gasteiger partial charge < -0.3 is 10.6 Å². The third-order valence-corrected chi connectivity index (χ3v) is 3.81. The first-order valence-electron chi connectivity index (χ1n) is 7.22. The molecule has 9 heteroatoms. The number of hydrogen-bond acceptors (Lipinski definition) is 4. The monoisotopic (exact) mass is 382 g/mol. The molecule has 0 radical (unpaired) electrons. The minimum absolute atomic E-state index is 0.0825. The summed E-state index contributed by atoms with van der Waals surface area (Å²) in [6, 6.07) is 15.7. The Labute approximate surface area is 153 Å². The highest BCUT2D eigenvalue weighted by Gasteiger charge is 2.06. The molecule has 0 saturated carbocycles. The highest BCUT2D eigenvalue weighted by molar-refractivity contribution is 7.99. The molecule has 0 fully saturated rings. The SMILES string of the molecule is O=C(CNc1ccccc1)NNC(=S)Nc1ccc(SC(F)F)cc1. The number of rotatable bonds is 6. The van der Waals surface area contributed by atoms with Crippen LogP contribution < -0.4 is 21.5 Å². The summed E-state index contributed by atoms with van der Waals surface area (Å²) < 4.78 is 24.5. The normalized spacial score (nSPS) is 10.2. The molecule has 132 valence electrons. The number of thiocarbonyl (C=S) groups is 1. The number of para-hydroxylation sites is 1. The summed E-state index contributed by atoms with van der Waals surface area (Å²) in [5.41, 5.74) is 6.47. The van der Waals surface area contributed by atoms with Crippen molar-refractivity contribution in [2.24, 2.45) is 0 Å². The van der Waals surface area contributed by atoms with E-state index in [1.54, 1.807) is 24.3 Å². The molecule has 5 nitrogen and oxygen atoms in total. The van der Waals surface area contributed by atoms with Crippen LogP contribution in [0.1, 0.15) is 0 Å². The van der Waals surface area contributed by atoms with E-state index in [0.29, 0.717) is 22.3 Å². The van der Waals surface area contributed by atoms with Crippen LogP contribution in [0.5, 0.6) is 0 Å². The van der Waals surface area contributed by atoms with Crippen molar-refractivity contribution in [2.45, 2.75) is 10.7 Å². The van der Waals surface area contributed by atoms with Gasteiger partial charge in [-0.25, -0.2) is 0 Å². The highest BCUT2D eigenvalue weighted by atomic mass is 32.2. The van der Waals surface area contributed by atoms with Gasteiger partial charge in [-0.15, -0.1) is 0 Å². The lowest BCUT2D eigenvalue weighted by Gasteiger charge is -2.12. The second kappa shape index (κ2) is 9.80. The molecule has 0 heterocycles. The first-order valence-corrected chi connectivity index (χ1v) is 8.51. The van der Waals surface area contributed by atoms with E-state index in [1.165, 1.54) is 0 Å². The van der Waals surface area contributed by atoms with Gasteiger partial charge in [-0.3, -0.25) is 15.6 Å². The highest BCUT2D eigenvalue weighted by Crippen LogP contribution is 2.26. The summed E-state index contributed by atoms with van der Waals surface area (Å²) in [7, 11) is 0. The maximum absolute atomic E-state index is 12.2. The zero-order valence-electron chi connectivity index (χ0n) is 13.0. The van der Waals surface area contributed by atoms with E-state index in [-0.39, 0.29) is 17.6 Å². The van der Waals surface area contributed by atoms with Crippen molar-refractivity contribution < 1.29 is 13.6 Å². The maximum atomic E-state index is 12.2. The number of amides is 1. The molecular formula is C16H16F2N4OS2. The van der Waals surface area contributed by atoms with E-state index in [0.717, 1.165) is 5.69 Å². The second-order valence-electron chi connectivity index (χ2n) is 4.75. The molecule has 4 N–H and O–H groups in total. The summed E-state index contributed by atoms with van der Waals surface area (Å²) in [6.07, 6.45) is 0. The fraction of sp³-hybridized carbons (Fsp3) is 0.125. The molecule has 2 aromatic rings. The smallest absolute Gasteiger partial charge is 0.288 e. The van der Waals surface area contributed by atoms with Crippen LogP contribution in [0.3, 0.4) is 0 Å². The Hall–Kier alpha value is -2.39. The van der Waals surface area contributed by atoms with Gasteiger partial charge in [0.05, 0.1) is 6.54 Å². The Morgan fingerprint density at radius 3 is 2.32 bits per heavy atom. The van der Waals surface area contributed by atoms with E-state index in [4.69, 9.17) is 12.2 Å². The summed E-state index contributed by atoms with van der Waals surface area (Å²) in [5, 5.41) is 5.98. The van der Waals surface area contributed by atoms with E-state index < -0.39 is 5.76 Å². The third kappa shape index (κ3) is 7.36. The number of nitrogens with one attached hydrogen (secondary N) is 4. The van der Waals surface area contributed by atoms with Gasteiger partial charge in [0.15, 0.2) is 5.11 Å². The van der Waals surface area contributed by atoms with Gasteiger partial charge >= 0.3 is 0 Å². The quantitative estimate of drug-likeness (QED) is 0.349. The zero-order valence-corrected chi connectivity index (χ0v) is 14.6. The van der Waals surface area contributed by atoms with Crippen LogP contribution in [0, 0.1) is 0 Å². The molecule has 0 unspecified atom stereocenters. The van der Waals surface area contributed by atoms with Crippen LogP contribution >= 0.6 is 24.0 Å². The average Bonchev–Trinajstić information content (AvgIpc) is 2.60. The molecule has 0 aliphatic rings. The molecular weight excluding hydrogens is 366 g/mol. The molecule has 0 aliphatic carbocycles. The molecule has 0 atom stereocenters. The van der Waals surface area contributed by atoms with Gasteiger partial charge in [0.1, 0.15) is 0 Å². The molecule has 0 bridgehead atoms. The van der Waals surface area contributed by atoms with Crippen LogP contribution in [0.2, 0.25) is 0 Å². The van der Waals surface area contributed by atoms with Gasteiger partial charge in [0, 0.05) is 16.3 Å². The van der Waals surface area contributed by atoms with E-state index in [2.05, 4.69) is 21.5 Å². The minimum Gasteiger partial charge on any atom is -0.376 e. The average molecular weight is 382 g/mol. The van der Waals surface area contributed by atoms with Crippen molar-refractivity contribution in [3.05, 3.63) is 54.6 Å². The minimum atomic E-state index is -2.46. The molecule has 1 amide bonds. The summed E-state index contributed by atoms with van der Waals surface area (Å²) in [4.78, 5) is 12.2. The van der Waals surface area contributed by atoms with E-state index in [1.807, 2.05) is 30.3 Å². The third-order valence-electron chi connectivity index (χ3n) is 2.88. The molecule has 2 aromatic carbocycles. The van der Waals surface area contributed by atoms with Gasteiger partial charge in [0.25, 0.3) is 11.7 Å². The Bertz CT molecular complexity index is 699. The Morgan fingerprint density at radius 1 is 1.00 bits per heavy atom. The maximum Gasteiger partial charge on any atom is 0.288 e. The summed E-state index contributed by atoms with van der Waals surface area (Å²) >= 11 is 5.52. The molecule has 2 rings (SSSR count). The Morgan fingerprint density at radius 2 is 1.68 bits per heavy atom. The standard InChI is InChI=1S/C16H16F2N4OS2/c17-15(18)25-13-8-6-12(7-9-13)20-16(24)22-21-14(23)10-19-11-4-2-1-3-5-11/h1-9,15,19H,10H2,(H,21,23)(H2,20,22,24). The number of alkyl halides is 2. The fourth-order valence-corrected chi connectivity index (χ4v) is 2.46. The molecule has 25 heavy (non-hydrogen) atoms. The predicted molar refractivity (Wildman–Crippen MR) is 101 cm³/mol. The van der Waals surface area contributed by atoms with Gasteiger partial charge in [-0.2, -0.15) is 8.78 Å². The van der Waals surface area contributed by atoms with Gasteiger partial charge in [-0.05, 0) is 48.6 Å². The molecule has 0 aliphatic heterocycles. The zero-order chi connectivity index (χ0) is 18.1. The Kier molecular flexibility index (Phi) is 7.42. The topological polar surface area (TPSA) is 65.2 Å². The molecule has 0 saturated heterocycles. The first-order chi connectivity index (χ1) is 12.0. The van der Waals surface area contributed by atoms with Gasteiger partial charge in [-0.1, -0.05) is 30.0 Å². The van der Waals surface area contributed by atoms with Crippen LogP contribution in [-0.2, 0) is 4.79 Å². The fourth-order valence-electron chi connectivity index (χ4n) is 1.79. The first kappa shape index (κ1) is 18.9. The molecule has 0 spiro atoms. The number of benzene rings is 2. The number of carbonyl (C=O) groups is 1. The number of hydrazine groups is 1. The number of anilines is 2. The van der Waals surface area contributed by atoms with Crippen LogP contribution in [-0.4, -0.2) is 23.3 Å².